The first-order chi connectivity index (χ1) is 11.1. The summed E-state index contributed by atoms with van der Waals surface area (Å²) in [6, 6.07) is 8.01. The van der Waals surface area contributed by atoms with Crippen molar-refractivity contribution in [3.05, 3.63) is 35.3 Å². The van der Waals surface area contributed by atoms with Crippen LogP contribution >= 0.6 is 11.3 Å². The van der Waals surface area contributed by atoms with E-state index in [1.807, 2.05) is 43.5 Å². The zero-order valence-electron chi connectivity index (χ0n) is 13.3. The highest BCUT2D eigenvalue weighted by Gasteiger charge is 2.19. The number of rotatable bonds is 5. The Morgan fingerprint density at radius 1 is 1.39 bits per heavy atom. The van der Waals surface area contributed by atoms with Gasteiger partial charge in [0, 0.05) is 23.5 Å². The van der Waals surface area contributed by atoms with Gasteiger partial charge in [0.15, 0.2) is 0 Å². The van der Waals surface area contributed by atoms with Gasteiger partial charge in [-0.15, -0.1) is 11.3 Å². The number of nitrogens with zero attached hydrogens (tertiary/aromatic N) is 1. The van der Waals surface area contributed by atoms with Crippen LogP contribution in [0.2, 0.25) is 0 Å². The zero-order valence-corrected chi connectivity index (χ0v) is 14.2. The van der Waals surface area contributed by atoms with Gasteiger partial charge in [-0.1, -0.05) is 0 Å². The van der Waals surface area contributed by atoms with Gasteiger partial charge >= 0.3 is 0 Å². The second-order valence-corrected chi connectivity index (χ2v) is 6.75. The van der Waals surface area contributed by atoms with Crippen molar-refractivity contribution in [1.82, 2.24) is 15.6 Å². The molecule has 0 aliphatic carbocycles. The second-order valence-electron chi connectivity index (χ2n) is 5.89. The van der Waals surface area contributed by atoms with Crippen LogP contribution in [0.4, 0.5) is 0 Å². The third-order valence-electron chi connectivity index (χ3n) is 3.61. The molecule has 0 bridgehead atoms. The van der Waals surface area contributed by atoms with Crippen LogP contribution in [0.15, 0.2) is 29.6 Å². The van der Waals surface area contributed by atoms with Gasteiger partial charge in [0.1, 0.15) is 16.5 Å². The Labute approximate surface area is 140 Å². The molecule has 1 unspecified atom stereocenters. The average molecular weight is 331 g/mol. The molecule has 1 aromatic heterocycles. The van der Waals surface area contributed by atoms with Crippen LogP contribution in [0.5, 0.6) is 5.75 Å². The minimum absolute atomic E-state index is 0.0963. The van der Waals surface area contributed by atoms with Crippen molar-refractivity contribution in [2.75, 3.05) is 13.1 Å². The molecule has 2 N–H and O–H groups in total. The largest absolute Gasteiger partial charge is 0.491 e. The van der Waals surface area contributed by atoms with Crippen LogP contribution < -0.4 is 15.4 Å². The van der Waals surface area contributed by atoms with Crippen LogP contribution in [-0.2, 0) is 0 Å². The first-order valence-electron chi connectivity index (χ1n) is 7.86. The average Bonchev–Trinajstić information content (AvgIpc) is 3.18. The summed E-state index contributed by atoms with van der Waals surface area (Å²) < 4.78 is 5.64. The van der Waals surface area contributed by atoms with Crippen molar-refractivity contribution < 1.29 is 9.53 Å². The SMILES string of the molecule is CC(C)Oc1ccc(-c2nc(C(=O)NC3CCNC3)cs2)cc1. The molecule has 1 fully saturated rings. The third-order valence-corrected chi connectivity index (χ3v) is 4.50. The minimum atomic E-state index is -0.0963. The van der Waals surface area contributed by atoms with E-state index in [2.05, 4.69) is 15.6 Å². The number of amides is 1. The number of aromatic nitrogens is 1. The number of hydrogen-bond donors (Lipinski definition) is 2. The van der Waals surface area contributed by atoms with E-state index in [9.17, 15) is 4.79 Å². The summed E-state index contributed by atoms with van der Waals surface area (Å²) in [5.74, 6) is 0.743. The fourth-order valence-corrected chi connectivity index (χ4v) is 3.30. The second kappa shape index (κ2) is 7.10. The Hall–Kier alpha value is -1.92. The molecule has 6 heteroatoms. The highest BCUT2D eigenvalue weighted by molar-refractivity contribution is 7.13. The fourth-order valence-electron chi connectivity index (χ4n) is 2.50. The molecule has 1 atom stereocenters. The smallest absolute Gasteiger partial charge is 0.271 e. The van der Waals surface area contributed by atoms with Gasteiger partial charge in [-0.05, 0) is 51.1 Å². The van der Waals surface area contributed by atoms with Crippen molar-refractivity contribution in [2.45, 2.75) is 32.4 Å². The maximum Gasteiger partial charge on any atom is 0.271 e. The fraction of sp³-hybridized carbons (Fsp3) is 0.412. The van der Waals surface area contributed by atoms with Gasteiger partial charge in [0.05, 0.1) is 6.10 Å². The molecule has 0 radical (unpaired) electrons. The minimum Gasteiger partial charge on any atom is -0.491 e. The van der Waals surface area contributed by atoms with Gasteiger partial charge in [-0.25, -0.2) is 4.98 Å². The van der Waals surface area contributed by atoms with Crippen molar-refractivity contribution in [2.24, 2.45) is 0 Å². The molecule has 0 spiro atoms. The molecule has 122 valence electrons. The van der Waals surface area contributed by atoms with Crippen molar-refractivity contribution in [3.63, 3.8) is 0 Å². The molecule has 1 aliphatic rings. The maximum atomic E-state index is 12.2. The van der Waals surface area contributed by atoms with Crippen molar-refractivity contribution in [3.8, 4) is 16.3 Å². The van der Waals surface area contributed by atoms with Gasteiger partial charge in [0.25, 0.3) is 5.91 Å². The Kier molecular flexibility index (Phi) is 4.93. The van der Waals surface area contributed by atoms with Gasteiger partial charge < -0.3 is 15.4 Å². The Balaban J connectivity index is 1.67. The first kappa shape index (κ1) is 16.0. The summed E-state index contributed by atoms with van der Waals surface area (Å²) in [6.45, 7) is 5.79. The lowest BCUT2D eigenvalue weighted by atomic mass is 10.2. The Morgan fingerprint density at radius 2 is 2.17 bits per heavy atom. The number of benzene rings is 1. The predicted octanol–water partition coefficient (Wildman–Crippen LogP) is 2.69. The number of carbonyl (C=O) groups is 1. The highest BCUT2D eigenvalue weighted by atomic mass is 32.1. The lowest BCUT2D eigenvalue weighted by molar-refractivity contribution is 0.0936. The molecule has 1 amide bonds. The van der Waals surface area contributed by atoms with Gasteiger partial charge in [-0.3, -0.25) is 4.79 Å². The van der Waals surface area contributed by atoms with Crippen LogP contribution in [0.1, 0.15) is 30.8 Å². The number of ether oxygens (including phenoxy) is 1. The van der Waals surface area contributed by atoms with E-state index in [4.69, 9.17) is 4.74 Å². The molecule has 5 nitrogen and oxygen atoms in total. The Bertz CT molecular complexity index is 661. The highest BCUT2D eigenvalue weighted by Crippen LogP contribution is 2.26. The number of nitrogens with one attached hydrogen (secondary N) is 2. The summed E-state index contributed by atoms with van der Waals surface area (Å²) in [5.41, 5.74) is 1.48. The third kappa shape index (κ3) is 4.09. The van der Waals surface area contributed by atoms with E-state index in [-0.39, 0.29) is 18.1 Å². The molecule has 1 saturated heterocycles. The number of carbonyl (C=O) groups excluding carboxylic acids is 1. The quantitative estimate of drug-likeness (QED) is 0.884. The zero-order chi connectivity index (χ0) is 16.2. The molecule has 1 aromatic carbocycles. The molecule has 2 aromatic rings. The monoisotopic (exact) mass is 331 g/mol. The summed E-state index contributed by atoms with van der Waals surface area (Å²) in [6.07, 6.45) is 1.13. The van der Waals surface area contributed by atoms with E-state index >= 15 is 0 Å². The van der Waals surface area contributed by atoms with Crippen LogP contribution in [0.3, 0.4) is 0 Å². The summed E-state index contributed by atoms with van der Waals surface area (Å²) in [5, 5.41) is 8.90. The maximum absolute atomic E-state index is 12.2. The topological polar surface area (TPSA) is 63.2 Å². The van der Waals surface area contributed by atoms with E-state index in [1.165, 1.54) is 11.3 Å². The molecule has 3 rings (SSSR count). The van der Waals surface area contributed by atoms with E-state index < -0.39 is 0 Å². The molecule has 2 heterocycles. The number of hydrogen-bond acceptors (Lipinski definition) is 5. The van der Waals surface area contributed by atoms with E-state index in [0.717, 1.165) is 35.8 Å². The Morgan fingerprint density at radius 3 is 2.83 bits per heavy atom. The normalized spacial score (nSPS) is 17.4. The lowest BCUT2D eigenvalue weighted by Crippen LogP contribution is -2.36. The standard InChI is InChI=1S/C17H21N3O2S/c1-11(2)22-14-5-3-12(4-6-14)17-20-15(10-23-17)16(21)19-13-7-8-18-9-13/h3-6,10-11,13,18H,7-9H2,1-2H3,(H,19,21). The van der Waals surface area contributed by atoms with Gasteiger partial charge in [-0.2, -0.15) is 0 Å². The molecule has 23 heavy (non-hydrogen) atoms. The summed E-state index contributed by atoms with van der Waals surface area (Å²) >= 11 is 1.48. The van der Waals surface area contributed by atoms with Crippen molar-refractivity contribution in [1.29, 1.82) is 0 Å². The van der Waals surface area contributed by atoms with Crippen LogP contribution in [0, 0.1) is 0 Å². The van der Waals surface area contributed by atoms with E-state index in [1.54, 1.807) is 0 Å². The van der Waals surface area contributed by atoms with Gasteiger partial charge in [0.2, 0.25) is 0 Å². The van der Waals surface area contributed by atoms with E-state index in [0.29, 0.717) is 5.69 Å². The number of thiazole rings is 1. The summed E-state index contributed by atoms with van der Waals surface area (Å²) in [4.78, 5) is 16.7. The predicted molar refractivity (Wildman–Crippen MR) is 92.1 cm³/mol. The summed E-state index contributed by atoms with van der Waals surface area (Å²) in [7, 11) is 0. The van der Waals surface area contributed by atoms with Crippen LogP contribution in [0.25, 0.3) is 10.6 Å². The first-order valence-corrected chi connectivity index (χ1v) is 8.74. The molecular weight excluding hydrogens is 310 g/mol. The van der Waals surface area contributed by atoms with Crippen LogP contribution in [-0.4, -0.2) is 36.1 Å². The lowest BCUT2D eigenvalue weighted by Gasteiger charge is -2.09. The van der Waals surface area contributed by atoms with Crippen molar-refractivity contribution >= 4 is 17.2 Å². The molecule has 0 saturated carbocycles. The molecule has 1 aliphatic heterocycles. The molecular formula is C17H21N3O2S.